The summed E-state index contributed by atoms with van der Waals surface area (Å²) in [4.78, 5) is 15.7. The fourth-order valence-electron chi connectivity index (χ4n) is 3.32. The van der Waals surface area contributed by atoms with Crippen molar-refractivity contribution in [3.63, 3.8) is 0 Å². The van der Waals surface area contributed by atoms with Gasteiger partial charge in [0.25, 0.3) is 5.91 Å². The van der Waals surface area contributed by atoms with E-state index in [1.54, 1.807) is 12.3 Å². The molecule has 144 valence electrons. The second kappa shape index (κ2) is 6.83. The number of carbonyl (C=O) groups excluding carboxylic acids is 1. The van der Waals surface area contributed by atoms with Gasteiger partial charge < -0.3 is 14.5 Å². The van der Waals surface area contributed by atoms with Crippen molar-refractivity contribution in [2.75, 3.05) is 6.79 Å². The summed E-state index contributed by atoms with van der Waals surface area (Å²) >= 11 is 0. The highest BCUT2D eigenvalue weighted by Gasteiger charge is 2.16. The van der Waals surface area contributed by atoms with E-state index in [-0.39, 0.29) is 12.7 Å². The van der Waals surface area contributed by atoms with Crippen molar-refractivity contribution in [3.8, 4) is 22.8 Å². The number of nitrogens with zero attached hydrogens (tertiary/aromatic N) is 2. The van der Waals surface area contributed by atoms with Crippen molar-refractivity contribution < 1.29 is 14.3 Å². The molecule has 2 aromatic carbocycles. The molecule has 0 radical (unpaired) electrons. The van der Waals surface area contributed by atoms with Crippen LogP contribution in [0.5, 0.6) is 11.5 Å². The molecule has 1 aliphatic rings. The molecule has 0 bridgehead atoms. The molecule has 3 N–H and O–H groups in total. The highest BCUT2D eigenvalue weighted by Crippen LogP contribution is 2.35. The first kappa shape index (κ1) is 17.1. The third kappa shape index (κ3) is 3.10. The SMILES string of the molecule is Cc1[nH]c2ccccc2c1C=NNC(=O)c1cc(-c2ccc3c(c2)OCO3)n[nH]1. The number of fused-ring (bicyclic) bond motifs is 2. The van der Waals surface area contributed by atoms with Crippen LogP contribution in [0.25, 0.3) is 22.2 Å². The van der Waals surface area contributed by atoms with Gasteiger partial charge in [0.05, 0.1) is 11.9 Å². The fourth-order valence-corrected chi connectivity index (χ4v) is 3.32. The number of carbonyl (C=O) groups is 1. The molecule has 5 rings (SSSR count). The summed E-state index contributed by atoms with van der Waals surface area (Å²) in [6.45, 7) is 2.18. The van der Waals surface area contributed by atoms with Crippen LogP contribution in [-0.2, 0) is 0 Å². The number of hydrazone groups is 1. The van der Waals surface area contributed by atoms with Gasteiger partial charge in [0.2, 0.25) is 6.79 Å². The Balaban J connectivity index is 1.31. The summed E-state index contributed by atoms with van der Waals surface area (Å²) in [7, 11) is 0. The second-order valence-electron chi connectivity index (χ2n) is 6.64. The van der Waals surface area contributed by atoms with Gasteiger partial charge in [-0.2, -0.15) is 10.2 Å². The first-order chi connectivity index (χ1) is 14.2. The second-order valence-corrected chi connectivity index (χ2v) is 6.64. The number of hydrogen-bond donors (Lipinski definition) is 3. The summed E-state index contributed by atoms with van der Waals surface area (Å²) in [6, 6.07) is 15.1. The van der Waals surface area contributed by atoms with Gasteiger partial charge >= 0.3 is 0 Å². The zero-order valence-corrected chi connectivity index (χ0v) is 15.5. The van der Waals surface area contributed by atoms with Crippen LogP contribution in [0.4, 0.5) is 0 Å². The lowest BCUT2D eigenvalue weighted by Gasteiger charge is -1.99. The molecular formula is C21H17N5O3. The molecular weight excluding hydrogens is 370 g/mol. The number of amides is 1. The molecule has 8 nitrogen and oxygen atoms in total. The molecule has 3 heterocycles. The maximum atomic E-state index is 12.4. The van der Waals surface area contributed by atoms with E-state index in [0.29, 0.717) is 22.9 Å². The van der Waals surface area contributed by atoms with Gasteiger partial charge in [-0.3, -0.25) is 9.89 Å². The molecule has 4 aromatic rings. The van der Waals surface area contributed by atoms with Crippen LogP contribution in [0.3, 0.4) is 0 Å². The maximum absolute atomic E-state index is 12.4. The first-order valence-corrected chi connectivity index (χ1v) is 9.05. The Bertz CT molecular complexity index is 1250. The Hall–Kier alpha value is -4.07. The molecule has 0 unspecified atom stereocenters. The quantitative estimate of drug-likeness (QED) is 0.369. The van der Waals surface area contributed by atoms with Gasteiger partial charge in [-0.15, -0.1) is 0 Å². The summed E-state index contributed by atoms with van der Waals surface area (Å²) < 4.78 is 10.7. The molecule has 0 aliphatic carbocycles. The molecule has 1 amide bonds. The van der Waals surface area contributed by atoms with Crippen LogP contribution in [-0.4, -0.2) is 34.1 Å². The maximum Gasteiger partial charge on any atom is 0.289 e. The van der Waals surface area contributed by atoms with Gasteiger partial charge in [-0.05, 0) is 37.3 Å². The molecule has 0 saturated heterocycles. The Morgan fingerprint density at radius 2 is 2.03 bits per heavy atom. The van der Waals surface area contributed by atoms with Crippen LogP contribution < -0.4 is 14.9 Å². The molecule has 8 heteroatoms. The number of H-pyrrole nitrogens is 2. The molecule has 0 spiro atoms. The average Bonchev–Trinajstić information content (AvgIpc) is 3.46. The van der Waals surface area contributed by atoms with Crippen molar-refractivity contribution in [2.24, 2.45) is 5.10 Å². The lowest BCUT2D eigenvalue weighted by molar-refractivity contribution is 0.0950. The van der Waals surface area contributed by atoms with E-state index in [1.807, 2.05) is 49.4 Å². The topological polar surface area (TPSA) is 104 Å². The van der Waals surface area contributed by atoms with E-state index in [2.05, 4.69) is 25.7 Å². The van der Waals surface area contributed by atoms with Crippen molar-refractivity contribution >= 4 is 23.0 Å². The Labute approximate surface area is 165 Å². The van der Waals surface area contributed by atoms with Gasteiger partial charge in [0.1, 0.15) is 5.69 Å². The van der Waals surface area contributed by atoms with E-state index < -0.39 is 0 Å². The number of ether oxygens (including phenoxy) is 2. The molecule has 0 fully saturated rings. The van der Waals surface area contributed by atoms with E-state index in [4.69, 9.17) is 9.47 Å². The van der Waals surface area contributed by atoms with Crippen molar-refractivity contribution in [2.45, 2.75) is 6.92 Å². The Morgan fingerprint density at radius 3 is 2.97 bits per heavy atom. The minimum absolute atomic E-state index is 0.209. The fraction of sp³-hybridized carbons (Fsp3) is 0.0952. The minimum atomic E-state index is -0.377. The molecule has 2 aromatic heterocycles. The number of rotatable bonds is 4. The molecule has 0 atom stereocenters. The van der Waals surface area contributed by atoms with E-state index in [9.17, 15) is 4.79 Å². The van der Waals surface area contributed by atoms with Crippen LogP contribution in [0.2, 0.25) is 0 Å². The number of benzene rings is 2. The van der Waals surface area contributed by atoms with Crippen LogP contribution in [0.1, 0.15) is 21.7 Å². The number of aromatic nitrogens is 3. The third-order valence-electron chi connectivity index (χ3n) is 4.79. The lowest BCUT2D eigenvalue weighted by atomic mass is 10.1. The first-order valence-electron chi connectivity index (χ1n) is 9.05. The summed E-state index contributed by atoms with van der Waals surface area (Å²) in [5, 5.41) is 12.1. The van der Waals surface area contributed by atoms with E-state index >= 15 is 0 Å². The monoisotopic (exact) mass is 387 g/mol. The van der Waals surface area contributed by atoms with E-state index in [0.717, 1.165) is 27.7 Å². The van der Waals surface area contributed by atoms with Gasteiger partial charge in [-0.25, -0.2) is 5.43 Å². The average molecular weight is 387 g/mol. The van der Waals surface area contributed by atoms with Gasteiger partial charge in [0.15, 0.2) is 11.5 Å². The van der Waals surface area contributed by atoms with Crippen molar-refractivity contribution in [1.82, 2.24) is 20.6 Å². The smallest absolute Gasteiger partial charge is 0.289 e. The predicted octanol–water partition coefficient (Wildman–Crippen LogP) is 3.36. The molecule has 1 aliphatic heterocycles. The lowest BCUT2D eigenvalue weighted by Crippen LogP contribution is -2.18. The number of nitrogens with one attached hydrogen (secondary N) is 3. The third-order valence-corrected chi connectivity index (χ3v) is 4.79. The number of aryl methyl sites for hydroxylation is 1. The molecule has 0 saturated carbocycles. The number of aromatic amines is 2. The van der Waals surface area contributed by atoms with E-state index in [1.165, 1.54) is 0 Å². The normalized spacial score (nSPS) is 12.7. The van der Waals surface area contributed by atoms with Crippen molar-refractivity contribution in [3.05, 3.63) is 65.5 Å². The highest BCUT2D eigenvalue weighted by molar-refractivity contribution is 6.01. The highest BCUT2D eigenvalue weighted by atomic mass is 16.7. The minimum Gasteiger partial charge on any atom is -0.454 e. The summed E-state index contributed by atoms with van der Waals surface area (Å²) in [5.41, 5.74) is 7.24. The predicted molar refractivity (Wildman–Crippen MR) is 108 cm³/mol. The van der Waals surface area contributed by atoms with Crippen LogP contribution >= 0.6 is 0 Å². The standard InChI is InChI=1S/C21H17N5O3/c1-12-15(14-4-2-3-5-16(14)23-12)10-22-26-21(27)18-9-17(24-25-18)13-6-7-19-20(8-13)29-11-28-19/h2-10,23H,11H2,1H3,(H,24,25)(H,26,27). The number of para-hydroxylation sites is 1. The Morgan fingerprint density at radius 1 is 1.17 bits per heavy atom. The number of hydrogen-bond acceptors (Lipinski definition) is 5. The zero-order valence-electron chi connectivity index (χ0n) is 15.5. The van der Waals surface area contributed by atoms with Gasteiger partial charge in [-0.1, -0.05) is 18.2 Å². The summed E-state index contributed by atoms with van der Waals surface area (Å²) in [5.74, 6) is 0.984. The van der Waals surface area contributed by atoms with Crippen molar-refractivity contribution in [1.29, 1.82) is 0 Å². The largest absolute Gasteiger partial charge is 0.454 e. The molecule has 29 heavy (non-hydrogen) atoms. The summed E-state index contributed by atoms with van der Waals surface area (Å²) in [6.07, 6.45) is 1.64. The Kier molecular flexibility index (Phi) is 4.02. The van der Waals surface area contributed by atoms with Gasteiger partial charge in [0, 0.05) is 27.7 Å². The van der Waals surface area contributed by atoms with Crippen LogP contribution in [0.15, 0.2) is 53.6 Å². The zero-order chi connectivity index (χ0) is 19.8. The van der Waals surface area contributed by atoms with Crippen LogP contribution in [0, 0.1) is 6.92 Å².